The van der Waals surface area contributed by atoms with E-state index < -0.39 is 5.54 Å². The predicted molar refractivity (Wildman–Crippen MR) is 86.2 cm³/mol. The molecule has 0 aliphatic carbocycles. The summed E-state index contributed by atoms with van der Waals surface area (Å²) in [4.78, 5) is 14.4. The van der Waals surface area contributed by atoms with E-state index in [4.69, 9.17) is 0 Å². The first-order valence-electron chi connectivity index (χ1n) is 7.19. The van der Waals surface area contributed by atoms with Crippen LogP contribution in [0.5, 0.6) is 0 Å². The third-order valence-electron chi connectivity index (χ3n) is 3.61. The zero-order valence-corrected chi connectivity index (χ0v) is 12.6. The molecule has 20 heavy (non-hydrogen) atoms. The zero-order chi connectivity index (χ0) is 15.0. The van der Waals surface area contributed by atoms with Crippen molar-refractivity contribution in [2.24, 2.45) is 0 Å². The van der Waals surface area contributed by atoms with Crippen molar-refractivity contribution in [2.45, 2.75) is 45.1 Å². The van der Waals surface area contributed by atoms with Crippen molar-refractivity contribution in [3.63, 3.8) is 0 Å². The second-order valence-corrected chi connectivity index (χ2v) is 5.06. The van der Waals surface area contributed by atoms with E-state index in [-0.39, 0.29) is 5.78 Å². The molecule has 0 atom stereocenters. The fourth-order valence-electron chi connectivity index (χ4n) is 2.52. The smallest absolute Gasteiger partial charge is 0.156 e. The Hall–Kier alpha value is -1.83. The second kappa shape index (κ2) is 7.68. The maximum Gasteiger partial charge on any atom is 0.156 e. The van der Waals surface area contributed by atoms with Gasteiger partial charge in [-0.25, -0.2) is 0 Å². The number of rotatable bonds is 8. The van der Waals surface area contributed by atoms with Gasteiger partial charge in [-0.2, -0.15) is 0 Å². The van der Waals surface area contributed by atoms with E-state index in [1.54, 1.807) is 6.92 Å². The second-order valence-electron chi connectivity index (χ2n) is 5.06. The Balaban J connectivity index is 3.25. The minimum atomic E-state index is -0.607. The van der Waals surface area contributed by atoms with E-state index in [2.05, 4.69) is 37.1 Å². The van der Waals surface area contributed by atoms with Crippen LogP contribution >= 0.6 is 0 Å². The highest BCUT2D eigenvalue weighted by Crippen LogP contribution is 2.33. The van der Waals surface area contributed by atoms with Gasteiger partial charge in [-0.1, -0.05) is 37.6 Å². The van der Waals surface area contributed by atoms with Crippen molar-refractivity contribution in [3.05, 3.63) is 61.5 Å². The highest BCUT2D eigenvalue weighted by atomic mass is 16.1. The summed E-state index contributed by atoms with van der Waals surface area (Å²) in [6, 6.07) is 0. The number of carbonyl (C=O) groups excluding carboxylic acids is 1. The third-order valence-corrected chi connectivity index (χ3v) is 3.61. The summed E-state index contributed by atoms with van der Waals surface area (Å²) in [6.45, 7) is 11.4. The molecule has 0 fully saturated rings. The minimum Gasteiger partial charge on any atom is -0.334 e. The Morgan fingerprint density at radius 1 is 1.30 bits per heavy atom. The third kappa shape index (κ3) is 3.38. The summed E-state index contributed by atoms with van der Waals surface area (Å²) in [6.07, 6.45) is 17.1. The van der Waals surface area contributed by atoms with Gasteiger partial charge in [-0.15, -0.1) is 13.2 Å². The molecule has 1 aliphatic heterocycles. The van der Waals surface area contributed by atoms with Crippen molar-refractivity contribution >= 4 is 5.78 Å². The number of unbranched alkanes of at least 4 members (excludes halogenated alkanes) is 1. The summed E-state index contributed by atoms with van der Waals surface area (Å²) in [5.41, 5.74) is 0.470. The van der Waals surface area contributed by atoms with Crippen LogP contribution in [-0.2, 0) is 4.79 Å². The Labute approximate surface area is 122 Å². The first kappa shape index (κ1) is 16.2. The van der Waals surface area contributed by atoms with Crippen LogP contribution in [0.3, 0.4) is 0 Å². The number of hydrogen-bond donors (Lipinski definition) is 0. The SMILES string of the molecule is C=CCC(CC=C)(C(C)=O)N1C=CC=C/C1=C\CCC. The molecule has 0 saturated carbocycles. The van der Waals surface area contributed by atoms with Crippen molar-refractivity contribution in [2.75, 3.05) is 0 Å². The molecule has 2 nitrogen and oxygen atoms in total. The molecular formula is C18H25NO. The van der Waals surface area contributed by atoms with Crippen LogP contribution in [-0.4, -0.2) is 16.2 Å². The van der Waals surface area contributed by atoms with Gasteiger partial charge in [0.15, 0.2) is 5.78 Å². The van der Waals surface area contributed by atoms with Crippen LogP contribution < -0.4 is 0 Å². The molecule has 0 amide bonds. The monoisotopic (exact) mass is 271 g/mol. The Morgan fingerprint density at radius 3 is 2.45 bits per heavy atom. The van der Waals surface area contributed by atoms with Crippen LogP contribution in [0.4, 0.5) is 0 Å². The van der Waals surface area contributed by atoms with Gasteiger partial charge >= 0.3 is 0 Å². The lowest BCUT2D eigenvalue weighted by atomic mass is 9.84. The van der Waals surface area contributed by atoms with E-state index in [1.807, 2.05) is 30.5 Å². The van der Waals surface area contributed by atoms with Crippen LogP contribution in [0.25, 0.3) is 0 Å². The van der Waals surface area contributed by atoms with E-state index in [0.29, 0.717) is 12.8 Å². The van der Waals surface area contributed by atoms with Crippen molar-refractivity contribution < 1.29 is 4.79 Å². The predicted octanol–water partition coefficient (Wildman–Crippen LogP) is 4.54. The number of carbonyl (C=O) groups is 1. The normalized spacial score (nSPS) is 16.5. The van der Waals surface area contributed by atoms with Gasteiger partial charge in [-0.05, 0) is 38.3 Å². The molecule has 1 heterocycles. The largest absolute Gasteiger partial charge is 0.334 e. The van der Waals surface area contributed by atoms with E-state index in [9.17, 15) is 4.79 Å². The van der Waals surface area contributed by atoms with Gasteiger partial charge in [0, 0.05) is 11.9 Å². The standard InChI is InChI=1S/C18H25NO/c1-5-8-11-17-12-9-10-15-19(17)18(13-6-2,14-7-3)16(4)20/h6-7,9-12,15H,2-3,5,8,13-14H2,1,4H3/b17-11+. The number of hydrogen-bond acceptors (Lipinski definition) is 2. The van der Waals surface area contributed by atoms with E-state index in [1.165, 1.54) is 0 Å². The average molecular weight is 271 g/mol. The maximum atomic E-state index is 12.3. The fourth-order valence-corrected chi connectivity index (χ4v) is 2.52. The fraction of sp³-hybridized carbons (Fsp3) is 0.389. The van der Waals surface area contributed by atoms with E-state index in [0.717, 1.165) is 18.5 Å². The number of Topliss-reactive ketones (excluding diaryl/α,β-unsaturated/α-hetero) is 1. The Bertz CT molecular complexity index is 444. The first-order valence-corrected chi connectivity index (χ1v) is 7.19. The summed E-state index contributed by atoms with van der Waals surface area (Å²) < 4.78 is 0. The summed E-state index contributed by atoms with van der Waals surface area (Å²) >= 11 is 0. The minimum absolute atomic E-state index is 0.139. The maximum absolute atomic E-state index is 12.3. The van der Waals surface area contributed by atoms with Gasteiger partial charge < -0.3 is 4.90 Å². The first-order chi connectivity index (χ1) is 9.62. The molecule has 0 saturated heterocycles. The van der Waals surface area contributed by atoms with E-state index >= 15 is 0 Å². The molecule has 108 valence electrons. The lowest BCUT2D eigenvalue weighted by Gasteiger charge is -2.42. The highest BCUT2D eigenvalue weighted by molar-refractivity contribution is 5.87. The molecule has 0 spiro atoms. The molecule has 0 aromatic rings. The molecule has 0 N–H and O–H groups in total. The molecule has 1 rings (SSSR count). The van der Waals surface area contributed by atoms with Gasteiger partial charge in [0.1, 0.15) is 5.54 Å². The molecule has 1 aliphatic rings. The van der Waals surface area contributed by atoms with Crippen LogP contribution in [0.1, 0.15) is 39.5 Å². The van der Waals surface area contributed by atoms with Gasteiger partial charge in [-0.3, -0.25) is 4.79 Å². The number of ketones is 1. The summed E-state index contributed by atoms with van der Waals surface area (Å²) in [5.74, 6) is 0.139. The van der Waals surface area contributed by atoms with Crippen molar-refractivity contribution in [3.8, 4) is 0 Å². The highest BCUT2D eigenvalue weighted by Gasteiger charge is 2.39. The molecule has 0 aromatic carbocycles. The molecule has 2 heteroatoms. The molecule has 0 bridgehead atoms. The summed E-state index contributed by atoms with van der Waals surface area (Å²) in [5, 5.41) is 0. The van der Waals surface area contributed by atoms with Crippen molar-refractivity contribution in [1.29, 1.82) is 0 Å². The van der Waals surface area contributed by atoms with Gasteiger partial charge in [0.2, 0.25) is 0 Å². The number of nitrogens with zero attached hydrogens (tertiary/aromatic N) is 1. The zero-order valence-electron chi connectivity index (χ0n) is 12.6. The Morgan fingerprint density at radius 2 is 1.95 bits per heavy atom. The van der Waals surface area contributed by atoms with Gasteiger partial charge in [0.25, 0.3) is 0 Å². The average Bonchev–Trinajstić information content (AvgIpc) is 2.45. The van der Waals surface area contributed by atoms with Crippen LogP contribution in [0, 0.1) is 0 Å². The molecule has 0 radical (unpaired) electrons. The lowest BCUT2D eigenvalue weighted by molar-refractivity contribution is -0.126. The molecule has 0 unspecified atom stereocenters. The summed E-state index contributed by atoms with van der Waals surface area (Å²) in [7, 11) is 0. The molecular weight excluding hydrogens is 246 g/mol. The van der Waals surface area contributed by atoms with Gasteiger partial charge in [0.05, 0.1) is 0 Å². The molecule has 0 aromatic heterocycles. The Kier molecular flexibility index (Phi) is 6.23. The van der Waals surface area contributed by atoms with Crippen LogP contribution in [0.2, 0.25) is 0 Å². The number of allylic oxidation sites excluding steroid dienone is 4. The van der Waals surface area contributed by atoms with Crippen molar-refractivity contribution in [1.82, 2.24) is 4.90 Å². The van der Waals surface area contributed by atoms with Crippen LogP contribution in [0.15, 0.2) is 61.5 Å². The topological polar surface area (TPSA) is 20.3 Å². The quantitative estimate of drug-likeness (QED) is 0.604. The lowest BCUT2D eigenvalue weighted by Crippen LogP contribution is -2.50.